The van der Waals surface area contributed by atoms with Crippen molar-refractivity contribution in [1.82, 2.24) is 39.6 Å². The Bertz CT molecular complexity index is 2040. The van der Waals surface area contributed by atoms with Crippen LogP contribution in [0.2, 0.25) is 0 Å². The van der Waals surface area contributed by atoms with Crippen LogP contribution in [0.5, 0.6) is 0 Å². The molecule has 5 saturated heterocycles. The Morgan fingerprint density at radius 1 is 0.754 bits per heavy atom. The molecular formula is C44H61N11O6. The highest BCUT2D eigenvalue weighted by molar-refractivity contribution is 6.23. The number of amides is 7. The highest BCUT2D eigenvalue weighted by Crippen LogP contribution is 2.38. The Morgan fingerprint density at radius 3 is 2.05 bits per heavy atom. The number of hydrogen-bond acceptors (Lipinski definition) is 11. The second-order valence-electron chi connectivity index (χ2n) is 18.4. The number of aromatic nitrogens is 2. The lowest BCUT2D eigenvalue weighted by atomic mass is 9.86. The largest absolute Gasteiger partial charge is 0.371 e. The minimum atomic E-state index is -0.969. The third kappa shape index (κ3) is 8.22. The highest BCUT2D eigenvalue weighted by Gasteiger charge is 2.45. The van der Waals surface area contributed by atoms with Crippen molar-refractivity contribution in [2.24, 2.45) is 23.5 Å². The second-order valence-corrected chi connectivity index (χ2v) is 18.4. The molecule has 17 nitrogen and oxygen atoms in total. The molecule has 7 aliphatic heterocycles. The van der Waals surface area contributed by atoms with Gasteiger partial charge in [-0.3, -0.25) is 39.1 Å². The van der Waals surface area contributed by atoms with Crippen molar-refractivity contribution in [3.05, 3.63) is 40.6 Å². The fraction of sp³-hybridized carbons (Fsp3) is 0.659. The number of piperazine rings is 1. The summed E-state index contributed by atoms with van der Waals surface area (Å²) in [6.07, 6.45) is 8.30. The van der Waals surface area contributed by atoms with Crippen LogP contribution in [0.1, 0.15) is 108 Å². The van der Waals surface area contributed by atoms with E-state index < -0.39 is 29.7 Å². The molecule has 8 heterocycles. The van der Waals surface area contributed by atoms with Gasteiger partial charge in [0.25, 0.3) is 17.7 Å². The maximum atomic E-state index is 13.6. The van der Waals surface area contributed by atoms with Gasteiger partial charge in [0.05, 0.1) is 22.9 Å². The van der Waals surface area contributed by atoms with Crippen LogP contribution < -0.4 is 21.3 Å². The Hall–Kier alpha value is -5.03. The summed E-state index contributed by atoms with van der Waals surface area (Å²) in [4.78, 5) is 89.0. The summed E-state index contributed by atoms with van der Waals surface area (Å²) in [5.74, 6) is 0.134. The summed E-state index contributed by atoms with van der Waals surface area (Å²) >= 11 is 0. The summed E-state index contributed by atoms with van der Waals surface area (Å²) in [5, 5.41) is 10.5. The number of nitrogens with two attached hydrogens (primary N) is 1. The lowest BCUT2D eigenvalue weighted by Gasteiger charge is -2.42. The number of benzene rings is 1. The van der Waals surface area contributed by atoms with E-state index in [1.165, 1.54) is 0 Å². The lowest BCUT2D eigenvalue weighted by molar-refractivity contribution is -0.136. The van der Waals surface area contributed by atoms with Crippen molar-refractivity contribution < 1.29 is 28.8 Å². The first-order valence-electron chi connectivity index (χ1n) is 22.8. The molecule has 2 unspecified atom stereocenters. The van der Waals surface area contributed by atoms with Crippen LogP contribution in [0.25, 0.3) is 0 Å². The molecule has 61 heavy (non-hydrogen) atoms. The monoisotopic (exact) mass is 839 g/mol. The zero-order valence-corrected chi connectivity index (χ0v) is 35.5. The van der Waals surface area contributed by atoms with E-state index >= 15 is 0 Å². The van der Waals surface area contributed by atoms with E-state index in [9.17, 15) is 28.8 Å². The van der Waals surface area contributed by atoms with Crippen molar-refractivity contribution in [3.8, 4) is 0 Å². The fourth-order valence-corrected chi connectivity index (χ4v) is 11.2. The molecule has 2 aromatic rings. The van der Waals surface area contributed by atoms with Gasteiger partial charge in [0, 0.05) is 84.1 Å². The van der Waals surface area contributed by atoms with Crippen molar-refractivity contribution in [3.63, 3.8) is 0 Å². The molecule has 7 amide bonds. The number of anilines is 2. The number of fused-ring (bicyclic) bond motifs is 2. The molecule has 0 aliphatic carbocycles. The average molecular weight is 840 g/mol. The molecule has 0 radical (unpaired) electrons. The molecule has 2 atom stereocenters. The van der Waals surface area contributed by atoms with Gasteiger partial charge < -0.3 is 30.7 Å². The number of urea groups is 1. The normalized spacial score (nSPS) is 25.1. The van der Waals surface area contributed by atoms with Gasteiger partial charge in [-0.05, 0) is 107 Å². The molecule has 328 valence electrons. The second kappa shape index (κ2) is 17.4. The SMILES string of the molecule is CCc1nn2c(c1C(N)=O)NCCC2C1CCN(CC2CCN(C(=O)N3CCN(CC4CCN(c5ccc6c(c5)C(=O)N(C5CCC(=O)NC5=O)C6=O)CC4)CC3)CC2)CC1. The first-order chi connectivity index (χ1) is 29.6. The summed E-state index contributed by atoms with van der Waals surface area (Å²) in [6, 6.07) is 4.87. The molecule has 5 fully saturated rings. The Morgan fingerprint density at radius 2 is 1.39 bits per heavy atom. The molecule has 17 heteroatoms. The average Bonchev–Trinajstić information content (AvgIpc) is 3.78. The van der Waals surface area contributed by atoms with Gasteiger partial charge in [-0.1, -0.05) is 6.92 Å². The van der Waals surface area contributed by atoms with Crippen molar-refractivity contribution in [2.75, 3.05) is 95.3 Å². The van der Waals surface area contributed by atoms with Crippen molar-refractivity contribution >= 4 is 47.1 Å². The van der Waals surface area contributed by atoms with E-state index in [0.29, 0.717) is 46.9 Å². The van der Waals surface area contributed by atoms with Gasteiger partial charge in [-0.2, -0.15) is 5.10 Å². The number of piperidine rings is 4. The molecule has 9 rings (SSSR count). The third-order valence-corrected chi connectivity index (χ3v) is 14.8. The number of carbonyl (C=O) groups excluding carboxylic acids is 6. The minimum absolute atomic E-state index is 0.0957. The van der Waals surface area contributed by atoms with Crippen molar-refractivity contribution in [1.29, 1.82) is 0 Å². The van der Waals surface area contributed by atoms with Crippen LogP contribution in [-0.2, 0) is 16.0 Å². The quantitative estimate of drug-likeness (QED) is 0.315. The molecule has 7 aliphatic rings. The zero-order valence-electron chi connectivity index (χ0n) is 35.5. The number of primary amides is 1. The summed E-state index contributed by atoms with van der Waals surface area (Å²) in [5.41, 5.74) is 8.61. The zero-order chi connectivity index (χ0) is 42.4. The maximum Gasteiger partial charge on any atom is 0.320 e. The van der Waals surface area contributed by atoms with E-state index in [1.54, 1.807) is 12.1 Å². The number of imide groups is 2. The Labute approximate surface area is 357 Å². The maximum absolute atomic E-state index is 13.6. The van der Waals surface area contributed by atoms with Gasteiger partial charge in [0.15, 0.2) is 0 Å². The van der Waals surface area contributed by atoms with E-state index in [-0.39, 0.29) is 24.8 Å². The van der Waals surface area contributed by atoms with Crippen LogP contribution in [0.15, 0.2) is 18.2 Å². The fourth-order valence-electron chi connectivity index (χ4n) is 11.2. The molecule has 0 saturated carbocycles. The summed E-state index contributed by atoms with van der Waals surface area (Å²) in [7, 11) is 0. The highest BCUT2D eigenvalue weighted by atomic mass is 16.2. The Kier molecular flexibility index (Phi) is 11.8. The summed E-state index contributed by atoms with van der Waals surface area (Å²) in [6.45, 7) is 13.7. The smallest absolute Gasteiger partial charge is 0.320 e. The van der Waals surface area contributed by atoms with E-state index in [1.807, 2.05) is 17.9 Å². The first-order valence-corrected chi connectivity index (χ1v) is 22.8. The van der Waals surface area contributed by atoms with Crippen molar-refractivity contribution in [2.45, 2.75) is 83.2 Å². The standard InChI is InChI=1S/C44H61N11O6/c1-2-34-38(39(45)57)40-46-14-7-35(55(40)48-34)30-12-15-49(16-13-30)26-29-10-19-52(20-11-29)44(61)53-23-21-50(22-24-53)27-28-8-17-51(18-9-28)31-3-4-32-33(25-31)43(60)54(42(32)59)36-5-6-37(56)47-41(36)58/h3-4,25,28-30,35-36,46H,2,5-24,26-27H2,1H3,(H2,45,57)(H,47,56,58). The van der Waals surface area contributed by atoms with E-state index in [4.69, 9.17) is 10.8 Å². The van der Waals surface area contributed by atoms with Gasteiger partial charge in [0.1, 0.15) is 17.4 Å². The van der Waals surface area contributed by atoms with Crippen LogP contribution in [0.4, 0.5) is 16.3 Å². The van der Waals surface area contributed by atoms with Crippen LogP contribution in [-0.4, -0.2) is 161 Å². The van der Waals surface area contributed by atoms with E-state index in [2.05, 4.69) is 34.9 Å². The van der Waals surface area contributed by atoms with Gasteiger partial charge in [-0.25, -0.2) is 9.48 Å². The molecular weight excluding hydrogens is 779 g/mol. The first kappa shape index (κ1) is 41.3. The minimum Gasteiger partial charge on any atom is -0.371 e. The molecule has 1 aromatic heterocycles. The number of nitrogens with zero attached hydrogens (tertiary/aromatic N) is 8. The topological polar surface area (TPSA) is 190 Å². The predicted octanol–water partition coefficient (Wildman–Crippen LogP) is 2.38. The molecule has 4 N–H and O–H groups in total. The Balaban J connectivity index is 0.676. The molecule has 0 bridgehead atoms. The van der Waals surface area contributed by atoms with Crippen LogP contribution in [0, 0.1) is 17.8 Å². The predicted molar refractivity (Wildman–Crippen MR) is 227 cm³/mol. The van der Waals surface area contributed by atoms with E-state index in [0.717, 1.165) is 152 Å². The van der Waals surface area contributed by atoms with Gasteiger partial charge in [0.2, 0.25) is 11.8 Å². The summed E-state index contributed by atoms with van der Waals surface area (Å²) < 4.78 is 2.07. The number of hydrogen-bond donors (Lipinski definition) is 3. The number of carbonyl (C=O) groups is 6. The van der Waals surface area contributed by atoms with Gasteiger partial charge in [-0.15, -0.1) is 0 Å². The lowest BCUT2D eigenvalue weighted by Crippen LogP contribution is -2.55. The number of aryl methyl sites for hydroxylation is 1. The van der Waals surface area contributed by atoms with Crippen LogP contribution >= 0.6 is 0 Å². The van der Waals surface area contributed by atoms with Crippen LogP contribution in [0.3, 0.4) is 0 Å². The molecule has 1 aromatic carbocycles. The van der Waals surface area contributed by atoms with Gasteiger partial charge >= 0.3 is 6.03 Å². The number of nitrogens with one attached hydrogen (secondary N) is 2. The number of rotatable bonds is 9. The number of likely N-dealkylation sites (tertiary alicyclic amines) is 2. The molecule has 0 spiro atoms. The third-order valence-electron chi connectivity index (χ3n) is 14.8.